The average molecular weight is 614 g/mol. The van der Waals surface area contributed by atoms with Gasteiger partial charge in [0.1, 0.15) is 0 Å². The molecule has 0 aliphatic heterocycles. The Kier molecular flexibility index (Phi) is 6.94. The van der Waals surface area contributed by atoms with Crippen molar-refractivity contribution in [2.45, 2.75) is 12.8 Å². The van der Waals surface area contributed by atoms with Gasteiger partial charge in [-0.25, -0.2) is 15.0 Å². The van der Waals surface area contributed by atoms with Gasteiger partial charge in [0.15, 0.2) is 17.5 Å². The molecule has 0 saturated heterocycles. The molecule has 226 valence electrons. The predicted octanol–water partition coefficient (Wildman–Crippen LogP) is 11.5. The van der Waals surface area contributed by atoms with Crippen LogP contribution in [-0.4, -0.2) is 15.0 Å². The second-order valence-electron chi connectivity index (χ2n) is 12.3. The Bertz CT molecular complexity index is 2440. The summed E-state index contributed by atoms with van der Waals surface area (Å²) in [5.74, 6) is 1.96. The highest BCUT2D eigenvalue weighted by Crippen LogP contribution is 2.42. The smallest absolute Gasteiger partial charge is 0.164 e. The van der Waals surface area contributed by atoms with Crippen molar-refractivity contribution in [3.05, 3.63) is 169 Å². The van der Waals surface area contributed by atoms with E-state index in [2.05, 4.69) is 103 Å². The number of hydrogen-bond donors (Lipinski definition) is 0. The Balaban J connectivity index is 1.24. The molecular formula is C45H31N3. The fourth-order valence-electron chi connectivity index (χ4n) is 7.16. The third kappa shape index (κ3) is 4.88. The first-order valence-corrected chi connectivity index (χ1v) is 16.5. The first kappa shape index (κ1) is 28.1. The fraction of sp³-hybridized carbons (Fsp3) is 0.0444. The topological polar surface area (TPSA) is 38.7 Å². The molecule has 3 heteroatoms. The van der Waals surface area contributed by atoms with Crippen molar-refractivity contribution in [1.29, 1.82) is 0 Å². The minimum Gasteiger partial charge on any atom is -0.208 e. The molecule has 48 heavy (non-hydrogen) atoms. The predicted molar refractivity (Wildman–Crippen MR) is 199 cm³/mol. The van der Waals surface area contributed by atoms with Gasteiger partial charge in [-0.2, -0.15) is 0 Å². The van der Waals surface area contributed by atoms with Gasteiger partial charge in [0.05, 0.1) is 0 Å². The van der Waals surface area contributed by atoms with E-state index in [-0.39, 0.29) is 0 Å². The molecule has 0 unspecified atom stereocenters. The van der Waals surface area contributed by atoms with Gasteiger partial charge in [-0.05, 0) is 73.8 Å². The molecule has 0 fully saturated rings. The molecule has 1 heterocycles. The van der Waals surface area contributed by atoms with Gasteiger partial charge in [0.25, 0.3) is 0 Å². The third-order valence-electron chi connectivity index (χ3n) is 9.42. The van der Waals surface area contributed by atoms with Crippen molar-refractivity contribution in [1.82, 2.24) is 15.0 Å². The summed E-state index contributed by atoms with van der Waals surface area (Å²) in [5, 5.41) is 5.29. The standard InChI is InChI=1S/C45H31N3/c1-3-15-30(16-4-1)43-46-44(31-17-5-2-6-18-31)48-45(47-43)41-26-14-13-24-38(41)34-20-8-7-19-33(34)32-27-28-40-37-23-10-9-21-35(37)36-22-11-12-25-39(36)42(40)29-32/h1-10,12-21,23-29H,11,22H2. The summed E-state index contributed by atoms with van der Waals surface area (Å²) in [7, 11) is 0. The van der Waals surface area contributed by atoms with Crippen LogP contribution in [0.4, 0.5) is 0 Å². The van der Waals surface area contributed by atoms with E-state index in [0.29, 0.717) is 17.5 Å². The van der Waals surface area contributed by atoms with Gasteiger partial charge in [0, 0.05) is 16.7 Å². The van der Waals surface area contributed by atoms with E-state index >= 15 is 0 Å². The van der Waals surface area contributed by atoms with Crippen LogP contribution in [0.15, 0.2) is 158 Å². The molecule has 0 radical (unpaired) electrons. The van der Waals surface area contributed by atoms with Crippen molar-refractivity contribution >= 4 is 27.6 Å². The average Bonchev–Trinajstić information content (AvgIpc) is 3.18. The number of aromatic nitrogens is 3. The lowest BCUT2D eigenvalue weighted by atomic mass is 9.85. The van der Waals surface area contributed by atoms with Crippen LogP contribution in [0.3, 0.4) is 0 Å². The molecule has 8 aromatic rings. The molecule has 0 amide bonds. The van der Waals surface area contributed by atoms with Gasteiger partial charge in [-0.1, -0.05) is 158 Å². The number of allylic oxidation sites excluding steroid dienone is 1. The third-order valence-corrected chi connectivity index (χ3v) is 9.42. The van der Waals surface area contributed by atoms with Crippen LogP contribution in [0.25, 0.3) is 84.0 Å². The van der Waals surface area contributed by atoms with Crippen LogP contribution in [0.2, 0.25) is 0 Å². The van der Waals surface area contributed by atoms with Crippen molar-refractivity contribution in [2.75, 3.05) is 0 Å². The van der Waals surface area contributed by atoms with Gasteiger partial charge < -0.3 is 0 Å². The van der Waals surface area contributed by atoms with Crippen molar-refractivity contribution < 1.29 is 0 Å². The van der Waals surface area contributed by atoms with Crippen LogP contribution in [-0.2, 0) is 6.42 Å². The van der Waals surface area contributed by atoms with Crippen molar-refractivity contribution in [3.8, 4) is 56.4 Å². The SMILES string of the molecule is C1=Cc2c(c3ccccc3c3ccc(-c4ccccc4-c4ccccc4-c4nc(-c5ccccc5)nc(-c5ccccc5)n4)cc23)CC1. The van der Waals surface area contributed by atoms with Crippen LogP contribution in [0, 0.1) is 0 Å². The summed E-state index contributed by atoms with van der Waals surface area (Å²) in [6.07, 6.45) is 6.79. The van der Waals surface area contributed by atoms with Gasteiger partial charge in [0.2, 0.25) is 0 Å². The lowest BCUT2D eigenvalue weighted by Crippen LogP contribution is -2.01. The van der Waals surface area contributed by atoms with Crippen LogP contribution in [0.5, 0.6) is 0 Å². The molecule has 9 rings (SSSR count). The molecule has 0 atom stereocenters. The normalized spacial score (nSPS) is 12.3. The maximum absolute atomic E-state index is 5.08. The highest BCUT2D eigenvalue weighted by Gasteiger charge is 2.19. The first-order chi connectivity index (χ1) is 23.8. The highest BCUT2D eigenvalue weighted by molar-refractivity contribution is 6.14. The molecule has 1 aliphatic carbocycles. The Labute approximate surface area is 280 Å². The Hall–Kier alpha value is -6.19. The van der Waals surface area contributed by atoms with Gasteiger partial charge in [-0.15, -0.1) is 0 Å². The quantitative estimate of drug-likeness (QED) is 0.181. The minimum atomic E-state index is 0.650. The molecule has 3 nitrogen and oxygen atoms in total. The zero-order chi connectivity index (χ0) is 31.9. The van der Waals surface area contributed by atoms with Crippen LogP contribution in [0.1, 0.15) is 17.5 Å². The number of nitrogens with zero attached hydrogens (tertiary/aromatic N) is 3. The van der Waals surface area contributed by atoms with E-state index in [0.717, 1.165) is 40.7 Å². The second-order valence-corrected chi connectivity index (χ2v) is 12.3. The fourth-order valence-corrected chi connectivity index (χ4v) is 7.16. The monoisotopic (exact) mass is 613 g/mol. The maximum atomic E-state index is 5.08. The Morgan fingerprint density at radius 3 is 1.58 bits per heavy atom. The van der Waals surface area contributed by atoms with Crippen LogP contribution < -0.4 is 0 Å². The largest absolute Gasteiger partial charge is 0.208 e. The van der Waals surface area contributed by atoms with E-state index in [1.165, 1.54) is 43.8 Å². The van der Waals surface area contributed by atoms with Crippen molar-refractivity contribution in [2.24, 2.45) is 0 Å². The van der Waals surface area contributed by atoms with Crippen molar-refractivity contribution in [3.63, 3.8) is 0 Å². The van der Waals surface area contributed by atoms with Crippen LogP contribution >= 0.6 is 0 Å². The number of benzene rings is 7. The molecule has 1 aliphatic rings. The Morgan fingerprint density at radius 1 is 0.375 bits per heavy atom. The Morgan fingerprint density at radius 2 is 0.896 bits per heavy atom. The lowest BCUT2D eigenvalue weighted by molar-refractivity contribution is 1.00. The van der Waals surface area contributed by atoms with E-state index in [1.807, 2.05) is 60.7 Å². The first-order valence-electron chi connectivity index (χ1n) is 16.5. The minimum absolute atomic E-state index is 0.650. The number of fused-ring (bicyclic) bond motifs is 6. The number of rotatable bonds is 5. The highest BCUT2D eigenvalue weighted by atomic mass is 15.0. The molecule has 0 N–H and O–H groups in total. The maximum Gasteiger partial charge on any atom is 0.164 e. The van der Waals surface area contributed by atoms with E-state index < -0.39 is 0 Å². The molecule has 0 bridgehead atoms. The molecule has 0 spiro atoms. The van der Waals surface area contributed by atoms with E-state index in [9.17, 15) is 0 Å². The summed E-state index contributed by atoms with van der Waals surface area (Å²) in [6, 6.07) is 53.3. The summed E-state index contributed by atoms with van der Waals surface area (Å²) in [6.45, 7) is 0. The van der Waals surface area contributed by atoms with Gasteiger partial charge in [-0.3, -0.25) is 0 Å². The molecular weight excluding hydrogens is 583 g/mol. The zero-order valence-corrected chi connectivity index (χ0v) is 26.3. The zero-order valence-electron chi connectivity index (χ0n) is 26.3. The molecule has 1 aromatic heterocycles. The molecule has 0 saturated carbocycles. The lowest BCUT2D eigenvalue weighted by Gasteiger charge is -2.19. The summed E-state index contributed by atoms with van der Waals surface area (Å²) < 4.78 is 0. The van der Waals surface area contributed by atoms with E-state index in [4.69, 9.17) is 15.0 Å². The number of hydrogen-bond acceptors (Lipinski definition) is 3. The summed E-state index contributed by atoms with van der Waals surface area (Å²) in [5.41, 5.74) is 10.3. The van der Waals surface area contributed by atoms with Gasteiger partial charge >= 0.3 is 0 Å². The summed E-state index contributed by atoms with van der Waals surface area (Å²) >= 11 is 0. The van der Waals surface area contributed by atoms with E-state index in [1.54, 1.807) is 0 Å². The number of aryl methyl sites for hydroxylation is 1. The molecule has 7 aromatic carbocycles. The summed E-state index contributed by atoms with van der Waals surface area (Å²) in [4.78, 5) is 15.1. The second kappa shape index (κ2) is 11.9.